The van der Waals surface area contributed by atoms with Gasteiger partial charge in [0.1, 0.15) is 6.61 Å². The van der Waals surface area contributed by atoms with Gasteiger partial charge >= 0.3 is 5.97 Å². The van der Waals surface area contributed by atoms with Crippen molar-refractivity contribution >= 4 is 11.9 Å². The number of piperidine rings is 1. The van der Waals surface area contributed by atoms with Crippen molar-refractivity contribution in [1.82, 2.24) is 4.90 Å². The molecule has 1 atom stereocenters. The largest absolute Gasteiger partial charge is 0.466 e. The van der Waals surface area contributed by atoms with Crippen molar-refractivity contribution in [3.63, 3.8) is 0 Å². The Morgan fingerprint density at radius 1 is 1.29 bits per heavy atom. The van der Waals surface area contributed by atoms with Crippen LogP contribution in [0.15, 0.2) is 24.3 Å². The summed E-state index contributed by atoms with van der Waals surface area (Å²) < 4.78 is 10.3. The monoisotopic (exact) mass is 333 g/mol. The number of methoxy groups -OCH3 is 1. The molecule has 1 saturated heterocycles. The smallest absolute Gasteiger partial charge is 0.314 e. The highest BCUT2D eigenvalue weighted by molar-refractivity contribution is 5.81. The van der Waals surface area contributed by atoms with Crippen molar-refractivity contribution in [2.24, 2.45) is 5.41 Å². The van der Waals surface area contributed by atoms with E-state index in [9.17, 15) is 9.59 Å². The summed E-state index contributed by atoms with van der Waals surface area (Å²) in [5.74, 6) is -0.279. The maximum Gasteiger partial charge on any atom is 0.314 e. The van der Waals surface area contributed by atoms with E-state index in [-0.39, 0.29) is 18.5 Å². The van der Waals surface area contributed by atoms with E-state index in [1.54, 1.807) is 4.90 Å². The van der Waals surface area contributed by atoms with Crippen LogP contribution >= 0.6 is 0 Å². The molecule has 0 aromatic heterocycles. The SMILES string of the molecule is CCOC(=O)[C@]1(Cc2ccccc2C)CCCN(C(=O)COC)C1. The number of carbonyl (C=O) groups excluding carboxylic acids is 2. The van der Waals surface area contributed by atoms with Gasteiger partial charge in [0.2, 0.25) is 5.91 Å². The fraction of sp³-hybridized carbons (Fsp3) is 0.579. The van der Waals surface area contributed by atoms with Crippen molar-refractivity contribution in [3.8, 4) is 0 Å². The first-order valence-electron chi connectivity index (χ1n) is 8.51. The minimum absolute atomic E-state index is 0.0449. The Kier molecular flexibility index (Phi) is 6.37. The third-order valence-electron chi connectivity index (χ3n) is 4.70. The molecule has 5 heteroatoms. The van der Waals surface area contributed by atoms with Gasteiger partial charge in [-0.05, 0) is 44.2 Å². The molecular weight excluding hydrogens is 306 g/mol. The summed E-state index contributed by atoms with van der Waals surface area (Å²) in [6.45, 7) is 5.31. The van der Waals surface area contributed by atoms with Crippen LogP contribution in [0, 0.1) is 12.3 Å². The summed E-state index contributed by atoms with van der Waals surface area (Å²) in [6.07, 6.45) is 2.12. The first kappa shape index (κ1) is 18.5. The highest BCUT2D eigenvalue weighted by Crippen LogP contribution is 2.36. The fourth-order valence-electron chi connectivity index (χ4n) is 3.40. The summed E-state index contributed by atoms with van der Waals surface area (Å²) in [5, 5.41) is 0. The second kappa shape index (κ2) is 8.29. The third-order valence-corrected chi connectivity index (χ3v) is 4.70. The molecule has 0 aliphatic carbocycles. The van der Waals surface area contributed by atoms with E-state index in [1.165, 1.54) is 7.11 Å². The summed E-state index contributed by atoms with van der Waals surface area (Å²) in [5.41, 5.74) is 1.61. The molecule has 5 nitrogen and oxygen atoms in total. The molecule has 0 unspecified atom stereocenters. The van der Waals surface area contributed by atoms with Gasteiger partial charge in [-0.1, -0.05) is 24.3 Å². The number of hydrogen-bond donors (Lipinski definition) is 0. The van der Waals surface area contributed by atoms with Crippen molar-refractivity contribution in [1.29, 1.82) is 0 Å². The van der Waals surface area contributed by atoms with Crippen molar-refractivity contribution in [2.75, 3.05) is 33.4 Å². The van der Waals surface area contributed by atoms with Crippen LogP contribution < -0.4 is 0 Å². The van der Waals surface area contributed by atoms with Crippen molar-refractivity contribution < 1.29 is 19.1 Å². The van der Waals surface area contributed by atoms with Crippen molar-refractivity contribution in [3.05, 3.63) is 35.4 Å². The molecule has 0 N–H and O–H groups in total. The van der Waals surface area contributed by atoms with E-state index in [0.717, 1.165) is 24.0 Å². The van der Waals surface area contributed by atoms with Crippen LogP contribution in [0.5, 0.6) is 0 Å². The highest BCUT2D eigenvalue weighted by atomic mass is 16.5. The average Bonchev–Trinajstić information content (AvgIpc) is 2.57. The molecule has 1 aromatic carbocycles. The number of benzene rings is 1. The van der Waals surface area contributed by atoms with Gasteiger partial charge in [0.25, 0.3) is 0 Å². The normalized spacial score (nSPS) is 20.7. The molecule has 1 heterocycles. The molecule has 0 radical (unpaired) electrons. The van der Waals surface area contributed by atoms with Crippen LogP contribution in [-0.4, -0.2) is 50.2 Å². The second-order valence-electron chi connectivity index (χ2n) is 6.46. The number of rotatable bonds is 6. The van der Waals surface area contributed by atoms with Crippen LogP contribution in [0.1, 0.15) is 30.9 Å². The van der Waals surface area contributed by atoms with Crippen LogP contribution in [0.25, 0.3) is 0 Å². The van der Waals surface area contributed by atoms with E-state index >= 15 is 0 Å². The summed E-state index contributed by atoms with van der Waals surface area (Å²) >= 11 is 0. The lowest BCUT2D eigenvalue weighted by Crippen LogP contribution is -2.52. The van der Waals surface area contributed by atoms with E-state index < -0.39 is 5.41 Å². The number of amides is 1. The number of carbonyl (C=O) groups is 2. The van der Waals surface area contributed by atoms with Gasteiger partial charge in [-0.3, -0.25) is 9.59 Å². The zero-order chi connectivity index (χ0) is 17.6. The molecule has 1 fully saturated rings. The van der Waals surface area contributed by atoms with Gasteiger partial charge in [0.15, 0.2) is 0 Å². The number of likely N-dealkylation sites (tertiary alicyclic amines) is 1. The molecule has 0 spiro atoms. The molecule has 1 aliphatic heterocycles. The second-order valence-corrected chi connectivity index (χ2v) is 6.46. The highest BCUT2D eigenvalue weighted by Gasteiger charge is 2.44. The zero-order valence-corrected chi connectivity index (χ0v) is 14.8. The Hall–Kier alpha value is -1.88. The number of hydrogen-bond acceptors (Lipinski definition) is 4. The van der Waals surface area contributed by atoms with E-state index in [4.69, 9.17) is 9.47 Å². The third kappa shape index (κ3) is 4.15. The van der Waals surface area contributed by atoms with Gasteiger partial charge in [0.05, 0.1) is 12.0 Å². The maximum atomic E-state index is 12.8. The van der Waals surface area contributed by atoms with E-state index in [0.29, 0.717) is 26.1 Å². The Morgan fingerprint density at radius 3 is 2.71 bits per heavy atom. The van der Waals surface area contributed by atoms with E-state index in [2.05, 4.69) is 0 Å². The molecule has 0 saturated carbocycles. The minimum atomic E-state index is -0.677. The molecule has 1 amide bonds. The lowest BCUT2D eigenvalue weighted by atomic mass is 9.74. The summed E-state index contributed by atoms with van der Waals surface area (Å²) in [7, 11) is 1.51. The molecule has 1 aromatic rings. The minimum Gasteiger partial charge on any atom is -0.466 e. The number of nitrogens with zero attached hydrogens (tertiary/aromatic N) is 1. The van der Waals surface area contributed by atoms with Crippen LogP contribution in [0.4, 0.5) is 0 Å². The zero-order valence-electron chi connectivity index (χ0n) is 14.8. The Labute approximate surface area is 143 Å². The Balaban J connectivity index is 2.28. The average molecular weight is 333 g/mol. The predicted molar refractivity (Wildman–Crippen MR) is 91.6 cm³/mol. The maximum absolute atomic E-state index is 12.8. The van der Waals surface area contributed by atoms with Crippen LogP contribution in [0.3, 0.4) is 0 Å². The number of ether oxygens (including phenoxy) is 2. The Bertz CT molecular complexity index is 586. The standard InChI is InChI=1S/C19H27NO4/c1-4-24-18(22)19(12-16-9-6-5-8-15(16)2)10-7-11-20(14-19)17(21)13-23-3/h5-6,8-9H,4,7,10-14H2,1-3H3/t19-/m0/s1. The van der Waals surface area contributed by atoms with Crippen molar-refractivity contribution in [2.45, 2.75) is 33.1 Å². The van der Waals surface area contributed by atoms with Gasteiger partial charge in [-0.2, -0.15) is 0 Å². The van der Waals surface area contributed by atoms with E-state index in [1.807, 2.05) is 38.1 Å². The first-order valence-corrected chi connectivity index (χ1v) is 8.51. The Morgan fingerprint density at radius 2 is 2.04 bits per heavy atom. The molecule has 24 heavy (non-hydrogen) atoms. The lowest BCUT2D eigenvalue weighted by Gasteiger charge is -2.41. The number of esters is 1. The molecular formula is C19H27NO4. The number of aryl methyl sites for hydroxylation is 1. The molecule has 1 aliphatic rings. The molecule has 2 rings (SSSR count). The van der Waals surface area contributed by atoms with Crippen LogP contribution in [-0.2, 0) is 25.5 Å². The first-order chi connectivity index (χ1) is 11.5. The predicted octanol–water partition coefficient (Wildman–Crippen LogP) is 2.36. The lowest BCUT2D eigenvalue weighted by molar-refractivity contribution is -0.161. The fourth-order valence-corrected chi connectivity index (χ4v) is 3.40. The quantitative estimate of drug-likeness (QED) is 0.750. The van der Waals surface area contributed by atoms with Gasteiger partial charge in [0, 0.05) is 20.2 Å². The van der Waals surface area contributed by atoms with Crippen LogP contribution in [0.2, 0.25) is 0 Å². The van der Waals surface area contributed by atoms with Gasteiger partial charge in [-0.25, -0.2) is 0 Å². The van der Waals surface area contributed by atoms with Gasteiger partial charge < -0.3 is 14.4 Å². The summed E-state index contributed by atoms with van der Waals surface area (Å²) in [4.78, 5) is 26.7. The molecule has 132 valence electrons. The molecule has 0 bridgehead atoms. The topological polar surface area (TPSA) is 55.8 Å². The van der Waals surface area contributed by atoms with Gasteiger partial charge in [-0.15, -0.1) is 0 Å². The summed E-state index contributed by atoms with van der Waals surface area (Å²) in [6, 6.07) is 8.07.